The Morgan fingerprint density at radius 3 is 2.84 bits per heavy atom. The molecule has 132 valence electrons. The Balaban J connectivity index is 1.54. The van der Waals surface area contributed by atoms with E-state index in [4.69, 9.17) is 4.42 Å². The highest BCUT2D eigenvalue weighted by Gasteiger charge is 2.13. The summed E-state index contributed by atoms with van der Waals surface area (Å²) in [5, 5.41) is 0.476. The van der Waals surface area contributed by atoms with Gasteiger partial charge in [0.1, 0.15) is 5.52 Å². The molecule has 1 N–H and O–H groups in total. The highest BCUT2D eigenvalue weighted by atomic mass is 32.2. The fraction of sp³-hybridized carbons (Fsp3) is 0.250. The Bertz CT molecular complexity index is 959. The molecular formula is C16H16N2O4S3. The van der Waals surface area contributed by atoms with E-state index in [0.29, 0.717) is 28.6 Å². The number of fused-ring (bicyclic) bond motifs is 1. The van der Waals surface area contributed by atoms with Crippen LogP contribution in [0.1, 0.15) is 14.5 Å². The maximum absolute atomic E-state index is 12.3. The monoisotopic (exact) mass is 396 g/mol. The zero-order chi connectivity index (χ0) is 17.9. The number of aromatic nitrogens is 1. The average Bonchev–Trinajstić information content (AvgIpc) is 3.17. The van der Waals surface area contributed by atoms with Gasteiger partial charge in [-0.3, -0.25) is 4.79 Å². The van der Waals surface area contributed by atoms with Gasteiger partial charge in [-0.2, -0.15) is 0 Å². The van der Waals surface area contributed by atoms with Gasteiger partial charge in [-0.05, 0) is 30.7 Å². The van der Waals surface area contributed by atoms with E-state index in [-0.39, 0.29) is 11.5 Å². The Morgan fingerprint density at radius 2 is 2.08 bits per heavy atom. The number of sulfonamides is 1. The van der Waals surface area contributed by atoms with Gasteiger partial charge in [-0.1, -0.05) is 23.9 Å². The molecule has 3 aromatic rings. The Labute approximate surface area is 153 Å². The zero-order valence-corrected chi connectivity index (χ0v) is 15.8. The van der Waals surface area contributed by atoms with Crippen molar-refractivity contribution in [2.24, 2.45) is 0 Å². The Hall–Kier alpha value is -1.68. The number of para-hydroxylation sites is 2. The molecule has 2 heterocycles. The molecule has 0 saturated heterocycles. The molecule has 0 saturated carbocycles. The molecule has 0 atom stereocenters. The third-order valence-corrected chi connectivity index (χ3v) is 6.02. The molecule has 0 aliphatic rings. The van der Waals surface area contributed by atoms with Crippen molar-refractivity contribution in [2.45, 2.75) is 11.6 Å². The Kier molecular flexibility index (Phi) is 5.57. The highest BCUT2D eigenvalue weighted by Crippen LogP contribution is 2.25. The largest absolute Gasteiger partial charge is 0.431 e. The van der Waals surface area contributed by atoms with Gasteiger partial charge in [-0.25, -0.2) is 18.1 Å². The Morgan fingerprint density at radius 1 is 1.28 bits per heavy atom. The number of hydrogen-bond donors (Lipinski definition) is 1. The summed E-state index contributed by atoms with van der Waals surface area (Å²) in [4.78, 5) is 18.2. The van der Waals surface area contributed by atoms with Crippen molar-refractivity contribution < 1.29 is 17.6 Å². The lowest BCUT2D eigenvalue weighted by Crippen LogP contribution is -2.23. The summed E-state index contributed by atoms with van der Waals surface area (Å²) < 4.78 is 30.1. The second-order valence-corrected chi connectivity index (χ2v) is 9.27. The predicted octanol–water partition coefficient (Wildman–Crippen LogP) is 2.96. The number of Topliss-reactive ketones (excluding diaryl/α,β-unsaturated/α-hetero) is 1. The van der Waals surface area contributed by atoms with E-state index in [2.05, 4.69) is 9.71 Å². The first-order valence-corrected chi connectivity index (χ1v) is 11.1. The summed E-state index contributed by atoms with van der Waals surface area (Å²) >= 11 is 2.65. The van der Waals surface area contributed by atoms with E-state index in [1.54, 1.807) is 6.07 Å². The molecule has 0 fully saturated rings. The van der Waals surface area contributed by atoms with E-state index in [0.717, 1.165) is 16.6 Å². The fourth-order valence-electron chi connectivity index (χ4n) is 2.13. The number of oxazole rings is 1. The van der Waals surface area contributed by atoms with Gasteiger partial charge in [-0.15, -0.1) is 11.3 Å². The van der Waals surface area contributed by atoms with Gasteiger partial charge in [0.05, 0.1) is 16.9 Å². The van der Waals surface area contributed by atoms with E-state index in [1.807, 2.05) is 30.3 Å². The number of thioether (sulfide) groups is 1. The van der Waals surface area contributed by atoms with Crippen LogP contribution in [-0.2, 0) is 16.4 Å². The molecule has 2 aromatic heterocycles. The van der Waals surface area contributed by atoms with Crippen LogP contribution in [0.15, 0.2) is 46.0 Å². The van der Waals surface area contributed by atoms with Gasteiger partial charge >= 0.3 is 0 Å². The van der Waals surface area contributed by atoms with Crippen LogP contribution in [0.25, 0.3) is 11.1 Å². The molecule has 0 spiro atoms. The third-order valence-electron chi connectivity index (χ3n) is 3.27. The maximum Gasteiger partial charge on any atom is 0.257 e. The maximum atomic E-state index is 12.3. The van der Waals surface area contributed by atoms with Crippen LogP contribution in [-0.4, -0.2) is 37.7 Å². The molecule has 3 rings (SSSR count). The van der Waals surface area contributed by atoms with Gasteiger partial charge in [0, 0.05) is 11.4 Å². The summed E-state index contributed by atoms with van der Waals surface area (Å²) in [6.07, 6.45) is 1.68. The SMILES string of the molecule is CS(=O)(=O)NCCc1ccc(C(=O)CSc2nc3ccccc3o2)s1. The van der Waals surface area contributed by atoms with Crippen molar-refractivity contribution >= 4 is 50.0 Å². The number of thiophene rings is 1. The first-order chi connectivity index (χ1) is 11.9. The molecule has 6 nitrogen and oxygen atoms in total. The number of nitrogens with one attached hydrogen (secondary N) is 1. The summed E-state index contributed by atoms with van der Waals surface area (Å²) in [6, 6.07) is 11.1. The summed E-state index contributed by atoms with van der Waals surface area (Å²) in [5.41, 5.74) is 1.48. The van der Waals surface area contributed by atoms with Crippen LogP contribution in [0.3, 0.4) is 0 Å². The molecule has 0 aliphatic heterocycles. The van der Waals surface area contributed by atoms with Crippen LogP contribution >= 0.6 is 23.1 Å². The molecular weight excluding hydrogens is 380 g/mol. The summed E-state index contributed by atoms with van der Waals surface area (Å²) in [5.74, 6) is 0.244. The lowest BCUT2D eigenvalue weighted by molar-refractivity contribution is 0.102. The van der Waals surface area contributed by atoms with Crippen molar-refractivity contribution in [3.8, 4) is 0 Å². The van der Waals surface area contributed by atoms with Crippen molar-refractivity contribution in [2.75, 3.05) is 18.6 Å². The van der Waals surface area contributed by atoms with Crippen molar-refractivity contribution in [3.63, 3.8) is 0 Å². The second-order valence-electron chi connectivity index (χ2n) is 5.34. The van der Waals surface area contributed by atoms with Crippen LogP contribution < -0.4 is 4.72 Å². The van der Waals surface area contributed by atoms with Crippen molar-refractivity contribution in [1.29, 1.82) is 0 Å². The first-order valence-electron chi connectivity index (χ1n) is 7.46. The smallest absolute Gasteiger partial charge is 0.257 e. The van der Waals surface area contributed by atoms with Gasteiger partial charge in [0.15, 0.2) is 11.4 Å². The van der Waals surface area contributed by atoms with Crippen molar-refractivity contribution in [1.82, 2.24) is 9.71 Å². The number of hydrogen-bond acceptors (Lipinski definition) is 7. The number of benzene rings is 1. The molecule has 1 aromatic carbocycles. The van der Waals surface area contributed by atoms with E-state index >= 15 is 0 Å². The lowest BCUT2D eigenvalue weighted by Gasteiger charge is -1.99. The number of carbonyl (C=O) groups is 1. The first kappa shape index (κ1) is 18.1. The normalized spacial score (nSPS) is 11.9. The van der Waals surface area contributed by atoms with Gasteiger partial charge in [0.25, 0.3) is 5.22 Å². The van der Waals surface area contributed by atoms with Crippen LogP contribution in [0.5, 0.6) is 0 Å². The minimum Gasteiger partial charge on any atom is -0.431 e. The highest BCUT2D eigenvalue weighted by molar-refractivity contribution is 7.99. The molecule has 0 unspecified atom stereocenters. The molecule has 9 heteroatoms. The summed E-state index contributed by atoms with van der Waals surface area (Å²) in [7, 11) is -3.19. The summed E-state index contributed by atoms with van der Waals surface area (Å²) in [6.45, 7) is 0.324. The van der Waals surface area contributed by atoms with E-state index < -0.39 is 10.0 Å². The lowest BCUT2D eigenvalue weighted by atomic mass is 10.3. The van der Waals surface area contributed by atoms with Gasteiger partial charge < -0.3 is 4.42 Å². The standard InChI is InChI=1S/C16H16N2O4S3/c1-25(20,21)17-9-8-11-6-7-15(24-11)13(19)10-23-16-18-12-4-2-3-5-14(12)22-16/h2-7,17H,8-10H2,1H3. The number of ketones is 1. The minimum absolute atomic E-state index is 0.000390. The molecule has 0 amide bonds. The van der Waals surface area contributed by atoms with E-state index in [1.165, 1.54) is 23.1 Å². The number of nitrogens with zero attached hydrogens (tertiary/aromatic N) is 1. The average molecular weight is 397 g/mol. The minimum atomic E-state index is -3.19. The molecule has 0 radical (unpaired) electrons. The van der Waals surface area contributed by atoms with Crippen molar-refractivity contribution in [3.05, 3.63) is 46.2 Å². The molecule has 0 aliphatic carbocycles. The third kappa shape index (κ3) is 5.15. The molecule has 25 heavy (non-hydrogen) atoms. The number of rotatable bonds is 8. The zero-order valence-electron chi connectivity index (χ0n) is 13.4. The molecule has 0 bridgehead atoms. The van der Waals surface area contributed by atoms with E-state index in [9.17, 15) is 13.2 Å². The number of carbonyl (C=O) groups excluding carboxylic acids is 1. The van der Waals surface area contributed by atoms with Crippen LogP contribution in [0.2, 0.25) is 0 Å². The predicted molar refractivity (Wildman–Crippen MR) is 99.9 cm³/mol. The van der Waals surface area contributed by atoms with Gasteiger partial charge in [0.2, 0.25) is 10.0 Å². The fourth-order valence-corrected chi connectivity index (χ4v) is 4.36. The van der Waals surface area contributed by atoms with Crippen LogP contribution in [0, 0.1) is 0 Å². The quantitative estimate of drug-likeness (QED) is 0.465. The second kappa shape index (κ2) is 7.69. The van der Waals surface area contributed by atoms with Crippen LogP contribution in [0.4, 0.5) is 0 Å². The topological polar surface area (TPSA) is 89.3 Å².